The Bertz CT molecular complexity index is 891. The van der Waals surface area contributed by atoms with E-state index in [0.29, 0.717) is 17.1 Å². The number of hydrogen-bond acceptors (Lipinski definition) is 4. The number of aromatic nitrogens is 3. The molecule has 3 aromatic rings. The highest BCUT2D eigenvalue weighted by atomic mass is 32.1. The van der Waals surface area contributed by atoms with E-state index in [0.717, 1.165) is 23.5 Å². The van der Waals surface area contributed by atoms with Crippen molar-refractivity contribution in [1.29, 1.82) is 5.26 Å². The summed E-state index contributed by atoms with van der Waals surface area (Å²) in [5.74, 6) is -4.11. The van der Waals surface area contributed by atoms with Crippen molar-refractivity contribution in [3.05, 3.63) is 41.0 Å². The lowest BCUT2D eigenvalue weighted by Crippen LogP contribution is -1.96. The predicted molar refractivity (Wildman–Crippen MR) is 70.3 cm³/mol. The van der Waals surface area contributed by atoms with Crippen molar-refractivity contribution in [2.75, 3.05) is 0 Å². The molecule has 4 nitrogen and oxygen atoms in total. The standard InChI is InChI=1S/C13H7F3N4S/c1-2-8-9(5-17)20-13(18-8)21-12(19-20)6-3-4-7(14)11(16)10(6)15/h3-4H,2H2,1H3. The highest BCUT2D eigenvalue weighted by Crippen LogP contribution is 2.30. The molecule has 2 heterocycles. The van der Waals surface area contributed by atoms with Gasteiger partial charge < -0.3 is 0 Å². The molecule has 2 aromatic heterocycles. The summed E-state index contributed by atoms with van der Waals surface area (Å²) in [4.78, 5) is 4.63. The average Bonchev–Trinajstić information content (AvgIpc) is 3.01. The quantitative estimate of drug-likeness (QED) is 0.682. The van der Waals surface area contributed by atoms with E-state index in [4.69, 9.17) is 5.26 Å². The number of imidazole rings is 1. The number of fused-ring (bicyclic) bond motifs is 1. The summed E-state index contributed by atoms with van der Waals surface area (Å²) in [7, 11) is 0. The van der Waals surface area contributed by atoms with Crippen LogP contribution in [0.1, 0.15) is 18.3 Å². The summed E-state index contributed by atoms with van der Waals surface area (Å²) >= 11 is 1.01. The third-order valence-corrected chi connectivity index (χ3v) is 3.92. The first-order chi connectivity index (χ1) is 10.1. The molecule has 0 saturated heterocycles. The molecule has 0 bridgehead atoms. The molecule has 0 fully saturated rings. The van der Waals surface area contributed by atoms with Crippen LogP contribution in [0.4, 0.5) is 13.2 Å². The van der Waals surface area contributed by atoms with Crippen LogP contribution in [0.5, 0.6) is 0 Å². The summed E-state index contributed by atoms with van der Waals surface area (Å²) in [6.45, 7) is 1.85. The molecule has 106 valence electrons. The van der Waals surface area contributed by atoms with Crippen LogP contribution < -0.4 is 0 Å². The molecule has 0 aliphatic carbocycles. The van der Waals surface area contributed by atoms with Gasteiger partial charge in [-0.1, -0.05) is 18.3 Å². The number of hydrogen-bond donors (Lipinski definition) is 0. The van der Waals surface area contributed by atoms with Gasteiger partial charge in [0.2, 0.25) is 4.96 Å². The first-order valence-corrected chi connectivity index (χ1v) is 6.80. The van der Waals surface area contributed by atoms with Crippen LogP contribution in [-0.4, -0.2) is 14.6 Å². The molecule has 21 heavy (non-hydrogen) atoms. The number of benzene rings is 1. The minimum Gasteiger partial charge on any atom is -0.221 e. The van der Waals surface area contributed by atoms with Crippen molar-refractivity contribution in [3.8, 4) is 16.6 Å². The summed E-state index contributed by atoms with van der Waals surface area (Å²) in [5, 5.41) is 13.3. The van der Waals surface area contributed by atoms with Gasteiger partial charge in [-0.15, -0.1) is 0 Å². The van der Waals surface area contributed by atoms with E-state index in [1.807, 2.05) is 13.0 Å². The minimum atomic E-state index is -1.55. The van der Waals surface area contributed by atoms with Gasteiger partial charge in [-0.25, -0.2) is 18.2 Å². The SMILES string of the molecule is CCc1nc2sc(-c3ccc(F)c(F)c3F)nn2c1C#N. The van der Waals surface area contributed by atoms with E-state index in [2.05, 4.69) is 10.1 Å². The minimum absolute atomic E-state index is 0.132. The zero-order chi connectivity index (χ0) is 15.1. The Labute approximate surface area is 121 Å². The molecule has 0 N–H and O–H groups in total. The second-order valence-electron chi connectivity index (χ2n) is 4.20. The molecule has 0 radical (unpaired) electrons. The maximum absolute atomic E-state index is 13.8. The van der Waals surface area contributed by atoms with Gasteiger partial charge in [-0.05, 0) is 18.6 Å². The third-order valence-electron chi connectivity index (χ3n) is 2.98. The lowest BCUT2D eigenvalue weighted by molar-refractivity contribution is 0.449. The fourth-order valence-corrected chi connectivity index (χ4v) is 2.89. The van der Waals surface area contributed by atoms with E-state index in [1.54, 1.807) is 0 Å². The second-order valence-corrected chi connectivity index (χ2v) is 5.15. The van der Waals surface area contributed by atoms with E-state index >= 15 is 0 Å². The maximum atomic E-state index is 13.8. The molecule has 0 aliphatic heterocycles. The largest absolute Gasteiger partial charge is 0.221 e. The summed E-state index contributed by atoms with van der Waals surface area (Å²) in [5.41, 5.74) is 0.692. The van der Waals surface area contributed by atoms with Crippen LogP contribution in [0.15, 0.2) is 12.1 Å². The highest BCUT2D eigenvalue weighted by Gasteiger charge is 2.20. The zero-order valence-corrected chi connectivity index (χ0v) is 11.5. The Kier molecular flexibility index (Phi) is 3.14. The number of nitriles is 1. The Morgan fingerprint density at radius 1 is 1.29 bits per heavy atom. The summed E-state index contributed by atoms with van der Waals surface area (Å²) in [6.07, 6.45) is 0.563. The first-order valence-electron chi connectivity index (χ1n) is 5.99. The molecule has 1 aromatic carbocycles. The van der Waals surface area contributed by atoms with E-state index in [-0.39, 0.29) is 16.3 Å². The second kappa shape index (κ2) is 4.86. The van der Waals surface area contributed by atoms with Gasteiger partial charge in [0.25, 0.3) is 0 Å². The van der Waals surface area contributed by atoms with Crippen LogP contribution in [0.2, 0.25) is 0 Å². The zero-order valence-electron chi connectivity index (χ0n) is 10.7. The van der Waals surface area contributed by atoms with Crippen LogP contribution in [0.25, 0.3) is 15.5 Å². The first kappa shape index (κ1) is 13.6. The van der Waals surface area contributed by atoms with E-state index in [9.17, 15) is 13.2 Å². The molecule has 0 amide bonds. The molecule has 3 rings (SSSR count). The van der Waals surface area contributed by atoms with Crippen molar-refractivity contribution in [2.24, 2.45) is 0 Å². The molecule has 0 saturated carbocycles. The number of nitrogens with zero attached hydrogens (tertiary/aromatic N) is 4. The van der Waals surface area contributed by atoms with Crippen LogP contribution in [0.3, 0.4) is 0 Å². The smallest absolute Gasteiger partial charge is 0.213 e. The molecular weight excluding hydrogens is 301 g/mol. The van der Waals surface area contributed by atoms with E-state index < -0.39 is 17.5 Å². The van der Waals surface area contributed by atoms with Gasteiger partial charge in [0.15, 0.2) is 28.2 Å². The van der Waals surface area contributed by atoms with Crippen molar-refractivity contribution in [2.45, 2.75) is 13.3 Å². The lowest BCUT2D eigenvalue weighted by Gasteiger charge is -2.00. The van der Waals surface area contributed by atoms with E-state index in [1.165, 1.54) is 4.52 Å². The summed E-state index contributed by atoms with van der Waals surface area (Å²) < 4.78 is 41.3. The number of aryl methyl sites for hydroxylation is 1. The molecule has 0 unspecified atom stereocenters. The fourth-order valence-electron chi connectivity index (χ4n) is 1.95. The lowest BCUT2D eigenvalue weighted by atomic mass is 10.2. The molecule has 0 atom stereocenters. The van der Waals surface area contributed by atoms with Gasteiger partial charge in [0.05, 0.1) is 11.3 Å². The van der Waals surface area contributed by atoms with Crippen molar-refractivity contribution < 1.29 is 13.2 Å². The Morgan fingerprint density at radius 2 is 2.05 bits per heavy atom. The normalized spacial score (nSPS) is 11.0. The topological polar surface area (TPSA) is 54.0 Å². The van der Waals surface area contributed by atoms with Crippen LogP contribution in [-0.2, 0) is 6.42 Å². The van der Waals surface area contributed by atoms with Crippen molar-refractivity contribution >= 4 is 16.3 Å². The monoisotopic (exact) mass is 308 g/mol. The Morgan fingerprint density at radius 3 is 2.71 bits per heavy atom. The molecular formula is C13H7F3N4S. The van der Waals surface area contributed by atoms with Crippen LogP contribution >= 0.6 is 11.3 Å². The van der Waals surface area contributed by atoms with Crippen molar-refractivity contribution in [3.63, 3.8) is 0 Å². The molecule has 0 spiro atoms. The van der Waals surface area contributed by atoms with Crippen LogP contribution in [0, 0.1) is 28.8 Å². The predicted octanol–water partition coefficient (Wildman–Crippen LogP) is 3.31. The molecule has 8 heteroatoms. The summed E-state index contributed by atoms with van der Waals surface area (Å²) in [6, 6.07) is 3.93. The third kappa shape index (κ3) is 1.97. The van der Waals surface area contributed by atoms with Gasteiger partial charge in [-0.2, -0.15) is 14.9 Å². The van der Waals surface area contributed by atoms with Gasteiger partial charge in [0.1, 0.15) is 6.07 Å². The Balaban J connectivity index is 2.21. The fraction of sp³-hybridized carbons (Fsp3) is 0.154. The van der Waals surface area contributed by atoms with Gasteiger partial charge in [0, 0.05) is 0 Å². The number of halogens is 3. The maximum Gasteiger partial charge on any atom is 0.213 e. The molecule has 0 aliphatic rings. The number of rotatable bonds is 2. The average molecular weight is 308 g/mol. The van der Waals surface area contributed by atoms with Gasteiger partial charge in [-0.3, -0.25) is 0 Å². The van der Waals surface area contributed by atoms with Gasteiger partial charge >= 0.3 is 0 Å². The Hall–Kier alpha value is -2.40. The highest BCUT2D eigenvalue weighted by molar-refractivity contribution is 7.19. The van der Waals surface area contributed by atoms with Crippen molar-refractivity contribution in [1.82, 2.24) is 14.6 Å².